The molecule has 0 heterocycles. The number of nitriles is 1. The molecular formula is C16H20IN. The van der Waals surface area contributed by atoms with E-state index < -0.39 is 0 Å². The molecule has 2 heteroatoms. The van der Waals surface area contributed by atoms with Gasteiger partial charge in [-0.05, 0) is 30.7 Å². The van der Waals surface area contributed by atoms with Crippen LogP contribution in [0.1, 0.15) is 31.7 Å². The van der Waals surface area contributed by atoms with Gasteiger partial charge in [-0.1, -0.05) is 65.9 Å². The summed E-state index contributed by atoms with van der Waals surface area (Å²) >= 11 is 2.30. The van der Waals surface area contributed by atoms with E-state index in [0.29, 0.717) is 11.8 Å². The van der Waals surface area contributed by atoms with Gasteiger partial charge in [0, 0.05) is 4.43 Å². The number of rotatable bonds is 6. The van der Waals surface area contributed by atoms with Crippen LogP contribution in [0.25, 0.3) is 0 Å². The van der Waals surface area contributed by atoms with Crippen LogP contribution in [0, 0.1) is 22.7 Å². The summed E-state index contributed by atoms with van der Waals surface area (Å²) in [6.07, 6.45) is 2.87. The Kier molecular flexibility index (Phi) is 5.87. The van der Waals surface area contributed by atoms with Gasteiger partial charge in [0.25, 0.3) is 0 Å². The number of allylic oxidation sites excluding steroid dienone is 1. The second-order valence-electron chi connectivity index (χ2n) is 5.11. The lowest BCUT2D eigenvalue weighted by atomic mass is 9.76. The van der Waals surface area contributed by atoms with Gasteiger partial charge in [-0.2, -0.15) is 5.26 Å². The van der Waals surface area contributed by atoms with Gasteiger partial charge in [0.1, 0.15) is 0 Å². The Hall–Kier alpha value is -0.820. The topological polar surface area (TPSA) is 23.8 Å². The second kappa shape index (κ2) is 6.94. The van der Waals surface area contributed by atoms with Crippen molar-refractivity contribution < 1.29 is 0 Å². The Bertz CT molecular complexity index is 420. The van der Waals surface area contributed by atoms with Gasteiger partial charge in [-0.15, -0.1) is 6.58 Å². The van der Waals surface area contributed by atoms with Crippen LogP contribution in [0.5, 0.6) is 0 Å². The highest BCUT2D eigenvalue weighted by Crippen LogP contribution is 2.36. The molecule has 0 aliphatic rings. The SMILES string of the molecule is C=C[C@H](C[C@](C)(C#N)CI)C(C)c1ccccc1. The Labute approximate surface area is 124 Å². The average Bonchev–Trinajstić information content (AvgIpc) is 2.44. The summed E-state index contributed by atoms with van der Waals surface area (Å²) in [4.78, 5) is 0. The minimum Gasteiger partial charge on any atom is -0.198 e. The highest BCUT2D eigenvalue weighted by atomic mass is 127. The molecule has 0 spiro atoms. The van der Waals surface area contributed by atoms with E-state index in [1.54, 1.807) is 0 Å². The Balaban J connectivity index is 2.85. The maximum atomic E-state index is 9.29. The van der Waals surface area contributed by atoms with Crippen molar-refractivity contribution in [3.8, 4) is 6.07 Å². The smallest absolute Gasteiger partial charge is 0.0695 e. The fraction of sp³-hybridized carbons (Fsp3) is 0.438. The molecule has 0 amide bonds. The van der Waals surface area contributed by atoms with Crippen molar-refractivity contribution in [2.24, 2.45) is 11.3 Å². The molecule has 1 nitrogen and oxygen atoms in total. The molecule has 1 rings (SSSR count). The first kappa shape index (κ1) is 15.2. The van der Waals surface area contributed by atoms with Crippen LogP contribution < -0.4 is 0 Å². The van der Waals surface area contributed by atoms with Crippen LogP contribution in [-0.2, 0) is 0 Å². The van der Waals surface area contributed by atoms with Gasteiger partial charge in [-0.25, -0.2) is 0 Å². The predicted molar refractivity (Wildman–Crippen MR) is 85.8 cm³/mol. The van der Waals surface area contributed by atoms with E-state index in [2.05, 4.69) is 66.4 Å². The molecule has 1 unspecified atom stereocenters. The third-order valence-corrected chi connectivity index (χ3v) is 5.20. The van der Waals surface area contributed by atoms with E-state index in [1.165, 1.54) is 5.56 Å². The third kappa shape index (κ3) is 3.84. The predicted octanol–water partition coefficient (Wildman–Crippen LogP) is 4.95. The highest BCUT2D eigenvalue weighted by Gasteiger charge is 2.28. The van der Waals surface area contributed by atoms with Crippen LogP contribution in [0.15, 0.2) is 43.0 Å². The van der Waals surface area contributed by atoms with E-state index >= 15 is 0 Å². The molecule has 0 saturated carbocycles. The Morgan fingerprint density at radius 2 is 2.06 bits per heavy atom. The van der Waals surface area contributed by atoms with Crippen LogP contribution in [0.3, 0.4) is 0 Å². The second-order valence-corrected chi connectivity index (χ2v) is 5.87. The molecule has 0 fully saturated rings. The lowest BCUT2D eigenvalue weighted by Gasteiger charge is -2.28. The fourth-order valence-electron chi connectivity index (χ4n) is 2.12. The number of nitrogens with zero attached hydrogens (tertiary/aromatic N) is 1. The van der Waals surface area contributed by atoms with Crippen molar-refractivity contribution in [2.45, 2.75) is 26.2 Å². The minimum absolute atomic E-state index is 0.261. The summed E-state index contributed by atoms with van der Waals surface area (Å²) in [5, 5.41) is 9.29. The first-order valence-corrected chi connectivity index (χ1v) is 7.73. The molecule has 1 aromatic rings. The van der Waals surface area contributed by atoms with Crippen molar-refractivity contribution in [1.82, 2.24) is 0 Å². The quantitative estimate of drug-likeness (QED) is 0.403. The Morgan fingerprint density at radius 3 is 2.50 bits per heavy atom. The molecule has 1 aromatic carbocycles. The Morgan fingerprint density at radius 1 is 1.44 bits per heavy atom. The summed E-state index contributed by atoms with van der Waals surface area (Å²) in [6.45, 7) is 8.20. The first-order valence-electron chi connectivity index (χ1n) is 6.21. The summed E-state index contributed by atoms with van der Waals surface area (Å²) in [5.41, 5.74) is 1.05. The monoisotopic (exact) mass is 353 g/mol. The summed E-state index contributed by atoms with van der Waals surface area (Å²) in [5.74, 6) is 0.742. The molecule has 0 bridgehead atoms. The van der Waals surface area contributed by atoms with Gasteiger partial charge >= 0.3 is 0 Å². The normalized spacial score (nSPS) is 17.2. The van der Waals surface area contributed by atoms with Crippen molar-refractivity contribution >= 4 is 22.6 Å². The molecule has 3 atom stereocenters. The van der Waals surface area contributed by atoms with Gasteiger partial charge in [0.05, 0.1) is 11.5 Å². The van der Waals surface area contributed by atoms with Crippen LogP contribution in [0.2, 0.25) is 0 Å². The fourth-order valence-corrected chi connectivity index (χ4v) is 2.60. The number of alkyl halides is 1. The maximum Gasteiger partial charge on any atom is 0.0695 e. The van der Waals surface area contributed by atoms with Crippen LogP contribution in [-0.4, -0.2) is 4.43 Å². The average molecular weight is 353 g/mol. The lowest BCUT2D eigenvalue weighted by molar-refractivity contribution is 0.363. The number of hydrogen-bond acceptors (Lipinski definition) is 1. The van der Waals surface area contributed by atoms with E-state index in [-0.39, 0.29) is 5.41 Å². The van der Waals surface area contributed by atoms with Gasteiger partial charge < -0.3 is 0 Å². The first-order chi connectivity index (χ1) is 8.56. The number of hydrogen-bond donors (Lipinski definition) is 0. The number of halogens is 1. The van der Waals surface area contributed by atoms with Crippen molar-refractivity contribution in [3.63, 3.8) is 0 Å². The van der Waals surface area contributed by atoms with Crippen LogP contribution in [0.4, 0.5) is 0 Å². The molecule has 18 heavy (non-hydrogen) atoms. The lowest BCUT2D eigenvalue weighted by Crippen LogP contribution is -2.22. The van der Waals surface area contributed by atoms with E-state index in [9.17, 15) is 5.26 Å². The van der Waals surface area contributed by atoms with Crippen molar-refractivity contribution in [2.75, 3.05) is 4.43 Å². The molecule has 0 radical (unpaired) electrons. The minimum atomic E-state index is -0.261. The van der Waals surface area contributed by atoms with Gasteiger partial charge in [-0.3, -0.25) is 0 Å². The van der Waals surface area contributed by atoms with Crippen molar-refractivity contribution in [1.29, 1.82) is 5.26 Å². The molecule has 0 N–H and O–H groups in total. The zero-order valence-corrected chi connectivity index (χ0v) is 13.2. The van der Waals surface area contributed by atoms with E-state index in [4.69, 9.17) is 0 Å². The summed E-state index contributed by atoms with van der Waals surface area (Å²) in [6, 6.07) is 12.9. The summed E-state index contributed by atoms with van der Waals surface area (Å²) in [7, 11) is 0. The van der Waals surface area contributed by atoms with Crippen molar-refractivity contribution in [3.05, 3.63) is 48.6 Å². The van der Waals surface area contributed by atoms with Crippen LogP contribution >= 0.6 is 22.6 Å². The maximum absolute atomic E-state index is 9.29. The standard InChI is InChI=1S/C16H20IN/c1-4-14(10-16(3,11-17)12-18)13(2)15-8-6-5-7-9-15/h4-9,13-14H,1,10-11H2,2-3H3/t13?,14-,16+/m1/s1. The molecular weight excluding hydrogens is 333 g/mol. The largest absolute Gasteiger partial charge is 0.198 e. The van der Waals surface area contributed by atoms with E-state index in [1.807, 2.05) is 19.1 Å². The number of benzene rings is 1. The molecule has 0 aromatic heterocycles. The molecule has 0 saturated heterocycles. The third-order valence-electron chi connectivity index (χ3n) is 3.52. The molecule has 0 aliphatic carbocycles. The summed E-state index contributed by atoms with van der Waals surface area (Å²) < 4.78 is 0.854. The zero-order chi connectivity index (χ0) is 13.6. The van der Waals surface area contributed by atoms with Gasteiger partial charge in [0.15, 0.2) is 0 Å². The van der Waals surface area contributed by atoms with Gasteiger partial charge in [0.2, 0.25) is 0 Å². The molecule has 96 valence electrons. The molecule has 0 aliphatic heterocycles. The highest BCUT2D eigenvalue weighted by molar-refractivity contribution is 14.1. The van der Waals surface area contributed by atoms with E-state index in [0.717, 1.165) is 10.8 Å². The zero-order valence-electron chi connectivity index (χ0n) is 11.1.